The van der Waals surface area contributed by atoms with E-state index in [4.69, 9.17) is 4.42 Å². The highest BCUT2D eigenvalue weighted by molar-refractivity contribution is 5.78. The number of aromatic nitrogens is 1. The summed E-state index contributed by atoms with van der Waals surface area (Å²) in [5, 5.41) is 13.2. The zero-order valence-corrected chi connectivity index (χ0v) is 13.3. The molecule has 2 atom stereocenters. The maximum Gasteiger partial charge on any atom is 0.198 e. The number of nitrogens with zero attached hydrogens (tertiary/aromatic N) is 1. The molecular weight excluding hydrogens is 283 g/mol. The van der Waals surface area contributed by atoms with Crippen LogP contribution in [0.3, 0.4) is 0 Å². The van der Waals surface area contributed by atoms with Crippen LogP contribution in [-0.2, 0) is 6.54 Å². The number of aryl methyl sites for hydroxylation is 1. The number of aliphatic hydroxyl groups excluding tert-OH is 1. The van der Waals surface area contributed by atoms with Gasteiger partial charge in [-0.1, -0.05) is 13.8 Å². The minimum atomic E-state index is -0.372. The zero-order valence-electron chi connectivity index (χ0n) is 13.3. The van der Waals surface area contributed by atoms with Crippen molar-refractivity contribution < 1.29 is 13.9 Å². The molecule has 3 rings (SSSR count). The van der Waals surface area contributed by atoms with Crippen molar-refractivity contribution in [2.75, 3.05) is 0 Å². The zero-order chi connectivity index (χ0) is 15.9. The first-order chi connectivity index (χ1) is 10.5. The molecule has 0 radical (unpaired) electrons. The molecule has 0 saturated heterocycles. The van der Waals surface area contributed by atoms with Crippen LogP contribution in [0.2, 0.25) is 0 Å². The molecule has 1 aromatic heterocycles. The van der Waals surface area contributed by atoms with Crippen LogP contribution in [-0.4, -0.2) is 22.2 Å². The minimum absolute atomic E-state index is 0.0988. The fourth-order valence-corrected chi connectivity index (χ4v) is 3.08. The van der Waals surface area contributed by atoms with E-state index in [2.05, 4.69) is 10.3 Å². The lowest BCUT2D eigenvalue weighted by atomic mass is 10.1. The van der Waals surface area contributed by atoms with Gasteiger partial charge in [-0.2, -0.15) is 0 Å². The Morgan fingerprint density at radius 3 is 2.86 bits per heavy atom. The molecule has 1 aliphatic rings. The fourth-order valence-electron chi connectivity index (χ4n) is 3.08. The first kappa shape index (κ1) is 15.4. The van der Waals surface area contributed by atoms with Crippen molar-refractivity contribution in [3.63, 3.8) is 0 Å². The molecule has 1 aliphatic carbocycles. The van der Waals surface area contributed by atoms with Crippen LogP contribution in [0.1, 0.15) is 56.0 Å². The van der Waals surface area contributed by atoms with Gasteiger partial charge in [-0.15, -0.1) is 0 Å². The van der Waals surface area contributed by atoms with E-state index in [0.29, 0.717) is 18.0 Å². The van der Waals surface area contributed by atoms with Crippen molar-refractivity contribution in [3.05, 3.63) is 28.9 Å². The maximum absolute atomic E-state index is 14.3. The average Bonchev–Trinajstić information content (AvgIpc) is 3.08. The van der Waals surface area contributed by atoms with Crippen molar-refractivity contribution in [2.24, 2.45) is 0 Å². The second-order valence-corrected chi connectivity index (χ2v) is 6.51. The first-order valence-corrected chi connectivity index (χ1v) is 7.97. The molecule has 2 aromatic rings. The van der Waals surface area contributed by atoms with E-state index >= 15 is 0 Å². The lowest BCUT2D eigenvalue weighted by molar-refractivity contribution is 0.148. The Labute approximate surface area is 129 Å². The molecule has 0 unspecified atom stereocenters. The Balaban J connectivity index is 1.88. The molecule has 1 heterocycles. The topological polar surface area (TPSA) is 58.3 Å². The average molecular weight is 306 g/mol. The summed E-state index contributed by atoms with van der Waals surface area (Å²) in [6.07, 6.45) is 2.54. The van der Waals surface area contributed by atoms with Gasteiger partial charge in [0.25, 0.3) is 0 Å². The van der Waals surface area contributed by atoms with Gasteiger partial charge in [0.2, 0.25) is 0 Å². The molecule has 4 nitrogen and oxygen atoms in total. The van der Waals surface area contributed by atoms with Gasteiger partial charge in [-0.3, -0.25) is 0 Å². The molecule has 2 N–H and O–H groups in total. The second kappa shape index (κ2) is 5.97. The van der Waals surface area contributed by atoms with Crippen LogP contribution in [0.25, 0.3) is 11.1 Å². The molecule has 1 saturated carbocycles. The van der Waals surface area contributed by atoms with Gasteiger partial charge >= 0.3 is 0 Å². The van der Waals surface area contributed by atoms with Gasteiger partial charge in [-0.25, -0.2) is 9.37 Å². The highest BCUT2D eigenvalue weighted by atomic mass is 19.1. The van der Waals surface area contributed by atoms with Gasteiger partial charge in [0.05, 0.1) is 6.10 Å². The number of halogens is 1. The van der Waals surface area contributed by atoms with Crippen molar-refractivity contribution in [1.82, 2.24) is 10.3 Å². The molecule has 0 amide bonds. The summed E-state index contributed by atoms with van der Waals surface area (Å²) in [5.74, 6) is 0.318. The molecular formula is C17H23FN2O2. The minimum Gasteiger partial charge on any atom is -0.437 e. The predicted octanol–water partition coefficient (Wildman–Crippen LogP) is 3.40. The van der Waals surface area contributed by atoms with Gasteiger partial charge in [0.15, 0.2) is 17.3 Å². The molecule has 1 fully saturated rings. The molecule has 120 valence electrons. The number of fused-ring (bicyclic) bond motifs is 1. The lowest BCUT2D eigenvalue weighted by Gasteiger charge is -2.17. The number of oxazole rings is 1. The monoisotopic (exact) mass is 306 g/mol. The molecule has 22 heavy (non-hydrogen) atoms. The Morgan fingerprint density at radius 2 is 2.23 bits per heavy atom. The summed E-state index contributed by atoms with van der Waals surface area (Å²) in [6, 6.07) is 1.61. The van der Waals surface area contributed by atoms with Crippen LogP contribution in [0.4, 0.5) is 4.39 Å². The van der Waals surface area contributed by atoms with E-state index in [9.17, 15) is 9.50 Å². The molecule has 5 heteroatoms. The summed E-state index contributed by atoms with van der Waals surface area (Å²) >= 11 is 0. The lowest BCUT2D eigenvalue weighted by Crippen LogP contribution is -2.35. The Kier molecular flexibility index (Phi) is 4.19. The first-order valence-electron chi connectivity index (χ1n) is 7.97. The normalized spacial score (nSPS) is 22.1. The van der Waals surface area contributed by atoms with E-state index < -0.39 is 0 Å². The second-order valence-electron chi connectivity index (χ2n) is 6.51. The van der Waals surface area contributed by atoms with Gasteiger partial charge in [0.1, 0.15) is 5.52 Å². The van der Waals surface area contributed by atoms with E-state index in [1.165, 1.54) is 6.07 Å². The van der Waals surface area contributed by atoms with Crippen molar-refractivity contribution >= 4 is 11.1 Å². The summed E-state index contributed by atoms with van der Waals surface area (Å²) in [5.41, 5.74) is 2.65. The third kappa shape index (κ3) is 2.75. The summed E-state index contributed by atoms with van der Waals surface area (Å²) < 4.78 is 19.8. The number of rotatable bonds is 4. The van der Waals surface area contributed by atoms with Crippen molar-refractivity contribution in [1.29, 1.82) is 0 Å². The highest BCUT2D eigenvalue weighted by Crippen LogP contribution is 2.28. The van der Waals surface area contributed by atoms with E-state index in [1.54, 1.807) is 0 Å². The number of benzene rings is 1. The van der Waals surface area contributed by atoms with E-state index in [-0.39, 0.29) is 29.5 Å². The number of hydrogen-bond donors (Lipinski definition) is 2. The smallest absolute Gasteiger partial charge is 0.198 e. The molecule has 0 aliphatic heterocycles. The Hall–Kier alpha value is -1.46. The third-order valence-electron chi connectivity index (χ3n) is 4.53. The van der Waals surface area contributed by atoms with Gasteiger partial charge in [-0.05, 0) is 43.4 Å². The van der Waals surface area contributed by atoms with Crippen LogP contribution >= 0.6 is 0 Å². The van der Waals surface area contributed by atoms with Gasteiger partial charge in [0, 0.05) is 18.5 Å². The largest absolute Gasteiger partial charge is 0.437 e. The molecule has 1 aromatic carbocycles. The van der Waals surface area contributed by atoms with Crippen LogP contribution in [0, 0.1) is 12.7 Å². The summed E-state index contributed by atoms with van der Waals surface area (Å²) in [6.45, 7) is 6.42. The predicted molar refractivity (Wildman–Crippen MR) is 83.3 cm³/mol. The number of hydrogen-bond acceptors (Lipinski definition) is 4. The summed E-state index contributed by atoms with van der Waals surface area (Å²) in [7, 11) is 0. The number of nitrogens with one attached hydrogen (secondary N) is 1. The van der Waals surface area contributed by atoms with Crippen molar-refractivity contribution in [3.8, 4) is 0 Å². The molecule has 0 bridgehead atoms. The number of aliphatic hydroxyl groups is 1. The fraction of sp³-hybridized carbons (Fsp3) is 0.588. The van der Waals surface area contributed by atoms with Crippen LogP contribution < -0.4 is 5.32 Å². The van der Waals surface area contributed by atoms with E-state index in [0.717, 1.165) is 30.4 Å². The van der Waals surface area contributed by atoms with Crippen molar-refractivity contribution in [2.45, 2.75) is 64.6 Å². The quantitative estimate of drug-likeness (QED) is 0.909. The van der Waals surface area contributed by atoms with Gasteiger partial charge < -0.3 is 14.8 Å². The van der Waals surface area contributed by atoms with Crippen LogP contribution in [0.15, 0.2) is 10.5 Å². The highest BCUT2D eigenvalue weighted by Gasteiger charge is 2.25. The maximum atomic E-state index is 14.3. The van der Waals surface area contributed by atoms with E-state index in [1.807, 2.05) is 20.8 Å². The Bertz CT molecular complexity index is 681. The van der Waals surface area contributed by atoms with Crippen LogP contribution in [0.5, 0.6) is 0 Å². The molecule has 0 spiro atoms. The SMILES string of the molecule is Cc1c(CN[C@H]2CCC[C@H]2O)cc(F)c2oc(C(C)C)nc12. The standard InChI is InChI=1S/C17H23FN2O2/c1-9(2)17-20-15-10(3)11(7-12(18)16(15)22-17)8-19-13-5-4-6-14(13)21/h7,9,13-14,19,21H,4-6,8H2,1-3H3/t13-,14+/m0/s1. The third-order valence-corrected chi connectivity index (χ3v) is 4.53. The summed E-state index contributed by atoms with van der Waals surface area (Å²) in [4.78, 5) is 4.44. The Morgan fingerprint density at radius 1 is 1.45 bits per heavy atom.